The predicted molar refractivity (Wildman–Crippen MR) is 73.8 cm³/mol. The molecular weight excluding hydrogens is 224 g/mol. The average Bonchev–Trinajstić information content (AvgIpc) is 2.66. The molecule has 0 unspecified atom stereocenters. The Balaban J connectivity index is 2.37. The monoisotopic (exact) mass is 246 g/mol. The molecule has 0 saturated carbocycles. The van der Waals surface area contributed by atoms with Crippen LogP contribution in [0.3, 0.4) is 0 Å². The van der Waals surface area contributed by atoms with Crippen molar-refractivity contribution in [2.24, 2.45) is 0 Å². The zero-order valence-corrected chi connectivity index (χ0v) is 11.7. The number of aryl methyl sites for hydroxylation is 1. The van der Waals surface area contributed by atoms with Gasteiger partial charge < -0.3 is 9.15 Å². The molecule has 1 aromatic rings. The van der Waals surface area contributed by atoms with Crippen LogP contribution in [0.4, 0.5) is 0 Å². The molecular formula is C16H22O2. The van der Waals surface area contributed by atoms with Crippen LogP contribution in [0.2, 0.25) is 0 Å². The van der Waals surface area contributed by atoms with Gasteiger partial charge in [-0.3, -0.25) is 0 Å². The van der Waals surface area contributed by atoms with E-state index in [1.54, 1.807) is 7.11 Å². The third-order valence-corrected chi connectivity index (χ3v) is 3.58. The molecule has 0 N–H and O–H groups in total. The third-order valence-electron chi connectivity index (χ3n) is 3.58. The topological polar surface area (TPSA) is 22.4 Å². The number of hydrogen-bond donors (Lipinski definition) is 0. The second-order valence-corrected chi connectivity index (χ2v) is 5.24. The highest BCUT2D eigenvalue weighted by Gasteiger charge is 2.14. The molecule has 0 saturated heterocycles. The van der Waals surface area contributed by atoms with Crippen molar-refractivity contribution < 1.29 is 9.15 Å². The van der Waals surface area contributed by atoms with Gasteiger partial charge in [-0.25, -0.2) is 0 Å². The Kier molecular flexibility index (Phi) is 4.07. The summed E-state index contributed by atoms with van der Waals surface area (Å²) < 4.78 is 11.2. The van der Waals surface area contributed by atoms with Crippen molar-refractivity contribution in [1.29, 1.82) is 0 Å². The molecule has 0 aliphatic heterocycles. The summed E-state index contributed by atoms with van der Waals surface area (Å²) in [5.74, 6) is 1.10. The lowest BCUT2D eigenvalue weighted by Crippen LogP contribution is -2.10. The normalized spacial score (nSPS) is 26.8. The molecule has 0 fully saturated rings. The van der Waals surface area contributed by atoms with Gasteiger partial charge in [0.2, 0.25) is 0 Å². The molecule has 0 amide bonds. The summed E-state index contributed by atoms with van der Waals surface area (Å²) in [6.07, 6.45) is 9.38. The summed E-state index contributed by atoms with van der Waals surface area (Å²) in [5.41, 5.74) is 5.29. The van der Waals surface area contributed by atoms with Gasteiger partial charge in [-0.1, -0.05) is 23.3 Å². The second kappa shape index (κ2) is 5.57. The lowest BCUT2D eigenvalue weighted by molar-refractivity contribution is 0.140. The fourth-order valence-corrected chi connectivity index (χ4v) is 2.46. The Bertz CT molecular complexity index is 477. The number of allylic oxidation sites excluding steroid dienone is 2. The summed E-state index contributed by atoms with van der Waals surface area (Å²) in [6, 6.07) is 0. The van der Waals surface area contributed by atoms with Gasteiger partial charge in [-0.05, 0) is 39.2 Å². The van der Waals surface area contributed by atoms with Crippen molar-refractivity contribution in [3.8, 4) is 0 Å². The minimum atomic E-state index is 0.179. The van der Waals surface area contributed by atoms with Gasteiger partial charge in [0.1, 0.15) is 5.76 Å². The largest absolute Gasteiger partial charge is 0.468 e. The van der Waals surface area contributed by atoms with Crippen LogP contribution in [0.1, 0.15) is 37.2 Å². The molecule has 1 heterocycles. The number of fused-ring (bicyclic) bond motifs is 1. The van der Waals surface area contributed by atoms with Crippen LogP contribution in [-0.2, 0) is 17.6 Å². The van der Waals surface area contributed by atoms with E-state index in [4.69, 9.17) is 9.15 Å². The number of furan rings is 1. The van der Waals surface area contributed by atoms with Crippen LogP contribution >= 0.6 is 0 Å². The Morgan fingerprint density at radius 1 is 1.22 bits per heavy atom. The molecule has 0 aromatic carbocycles. The van der Waals surface area contributed by atoms with Crippen LogP contribution in [0, 0.1) is 6.92 Å². The van der Waals surface area contributed by atoms with E-state index in [9.17, 15) is 0 Å². The second-order valence-electron chi connectivity index (χ2n) is 5.24. The van der Waals surface area contributed by atoms with E-state index < -0.39 is 0 Å². The van der Waals surface area contributed by atoms with E-state index in [1.165, 1.54) is 22.3 Å². The SMILES string of the molecule is CO[C@@H]1/C=C(\C)Cc2occ(C)c2C/C=C(\C)C1. The van der Waals surface area contributed by atoms with Gasteiger partial charge in [-0.15, -0.1) is 0 Å². The van der Waals surface area contributed by atoms with E-state index in [2.05, 4.69) is 32.9 Å². The van der Waals surface area contributed by atoms with Crippen LogP contribution in [0.15, 0.2) is 34.0 Å². The zero-order valence-electron chi connectivity index (χ0n) is 11.7. The van der Waals surface area contributed by atoms with E-state index in [0.717, 1.165) is 25.0 Å². The molecule has 0 spiro atoms. The maximum atomic E-state index is 5.68. The Morgan fingerprint density at radius 3 is 2.72 bits per heavy atom. The summed E-state index contributed by atoms with van der Waals surface area (Å²) in [4.78, 5) is 0. The summed E-state index contributed by atoms with van der Waals surface area (Å²) in [5, 5.41) is 0. The number of ether oxygens (including phenoxy) is 1. The van der Waals surface area contributed by atoms with Crippen molar-refractivity contribution in [3.05, 3.63) is 46.4 Å². The fourth-order valence-electron chi connectivity index (χ4n) is 2.46. The van der Waals surface area contributed by atoms with Crippen molar-refractivity contribution in [1.82, 2.24) is 0 Å². The number of methoxy groups -OCH3 is 1. The lowest BCUT2D eigenvalue weighted by atomic mass is 9.97. The number of hydrogen-bond acceptors (Lipinski definition) is 2. The molecule has 1 aromatic heterocycles. The number of rotatable bonds is 1. The quantitative estimate of drug-likeness (QED) is 0.699. The standard InChI is InChI=1S/C16H22O2/c1-11-5-6-15-13(3)10-18-16(15)9-12(2)8-14(7-11)17-4/h5,8,10,14H,6-7,9H2,1-4H3/b11-5+,12-8+/t14-/m0/s1. The summed E-state index contributed by atoms with van der Waals surface area (Å²) >= 11 is 0. The Hall–Kier alpha value is -1.28. The van der Waals surface area contributed by atoms with Crippen LogP contribution in [0.25, 0.3) is 0 Å². The molecule has 1 atom stereocenters. The molecule has 2 nitrogen and oxygen atoms in total. The highest BCUT2D eigenvalue weighted by molar-refractivity contribution is 5.33. The van der Waals surface area contributed by atoms with E-state index in [0.29, 0.717) is 0 Å². The molecule has 18 heavy (non-hydrogen) atoms. The molecule has 2 heteroatoms. The molecule has 0 bridgehead atoms. The van der Waals surface area contributed by atoms with Crippen molar-refractivity contribution in [2.45, 2.75) is 46.1 Å². The van der Waals surface area contributed by atoms with Gasteiger partial charge >= 0.3 is 0 Å². The van der Waals surface area contributed by atoms with Crippen molar-refractivity contribution >= 4 is 0 Å². The Morgan fingerprint density at radius 2 is 2.00 bits per heavy atom. The smallest absolute Gasteiger partial charge is 0.111 e. The highest BCUT2D eigenvalue weighted by atomic mass is 16.5. The van der Waals surface area contributed by atoms with Crippen molar-refractivity contribution in [3.63, 3.8) is 0 Å². The minimum absolute atomic E-state index is 0.179. The van der Waals surface area contributed by atoms with Crippen molar-refractivity contribution in [2.75, 3.05) is 7.11 Å². The Labute approximate surface area is 109 Å². The average molecular weight is 246 g/mol. The van der Waals surface area contributed by atoms with Gasteiger partial charge in [0.15, 0.2) is 0 Å². The van der Waals surface area contributed by atoms with Crippen LogP contribution in [-0.4, -0.2) is 13.2 Å². The van der Waals surface area contributed by atoms with Gasteiger partial charge in [-0.2, -0.15) is 0 Å². The maximum Gasteiger partial charge on any atom is 0.111 e. The summed E-state index contributed by atoms with van der Waals surface area (Å²) in [6.45, 7) is 6.44. The maximum absolute atomic E-state index is 5.68. The van der Waals surface area contributed by atoms with Gasteiger partial charge in [0.05, 0.1) is 12.4 Å². The van der Waals surface area contributed by atoms with E-state index in [1.807, 2.05) is 6.26 Å². The molecule has 98 valence electrons. The lowest BCUT2D eigenvalue weighted by Gasteiger charge is -2.15. The van der Waals surface area contributed by atoms with Crippen LogP contribution in [0.5, 0.6) is 0 Å². The van der Waals surface area contributed by atoms with E-state index in [-0.39, 0.29) is 6.10 Å². The summed E-state index contributed by atoms with van der Waals surface area (Å²) in [7, 11) is 1.77. The molecule has 2 rings (SSSR count). The first-order valence-electron chi connectivity index (χ1n) is 6.51. The van der Waals surface area contributed by atoms with Gasteiger partial charge in [0.25, 0.3) is 0 Å². The van der Waals surface area contributed by atoms with Gasteiger partial charge in [0, 0.05) is 19.1 Å². The van der Waals surface area contributed by atoms with Crippen LogP contribution < -0.4 is 0 Å². The zero-order chi connectivity index (χ0) is 13.1. The third kappa shape index (κ3) is 2.94. The fraction of sp³-hybridized carbons (Fsp3) is 0.500. The first-order valence-corrected chi connectivity index (χ1v) is 6.51. The molecule has 0 radical (unpaired) electrons. The predicted octanol–water partition coefficient (Wildman–Crippen LogP) is 3.98. The highest BCUT2D eigenvalue weighted by Crippen LogP contribution is 2.24. The molecule has 1 aliphatic rings. The molecule has 1 aliphatic carbocycles. The first-order chi connectivity index (χ1) is 8.60. The minimum Gasteiger partial charge on any atom is -0.468 e. The van der Waals surface area contributed by atoms with E-state index >= 15 is 0 Å². The first kappa shape index (κ1) is 13.2.